The average Bonchev–Trinajstić information content (AvgIpc) is 2.85. The van der Waals surface area contributed by atoms with E-state index in [1.165, 1.54) is 4.68 Å². The second-order valence-electron chi connectivity index (χ2n) is 9.84. The Labute approximate surface area is 234 Å². The third-order valence-corrected chi connectivity index (χ3v) is 6.43. The van der Waals surface area contributed by atoms with Gasteiger partial charge in [0.25, 0.3) is 11.5 Å². The normalized spacial score (nSPS) is 14.0. The van der Waals surface area contributed by atoms with E-state index in [1.54, 1.807) is 48.9 Å². The standard InChI is InChI=1S/C24H29Cl2N9O4/c1-24(2,3)39-23(38)33-9-11-34(12-10-33)35-15(30-14-6-4-5-13(25)16(14)22(35)37)7-8-29-21(36)17-19(27)32-20(28)18(26)31-17/h4-6H,7-12H2,1-3H3,(H,29,36)(H4,27,28,32). The first-order valence-corrected chi connectivity index (χ1v) is 12.9. The van der Waals surface area contributed by atoms with Crippen molar-refractivity contribution in [1.82, 2.24) is 29.8 Å². The number of ether oxygens (including phenoxy) is 1. The van der Waals surface area contributed by atoms with Gasteiger partial charge in [-0.2, -0.15) is 0 Å². The van der Waals surface area contributed by atoms with E-state index in [-0.39, 0.29) is 51.4 Å². The van der Waals surface area contributed by atoms with Gasteiger partial charge in [0.2, 0.25) is 0 Å². The van der Waals surface area contributed by atoms with Gasteiger partial charge in [-0.1, -0.05) is 29.3 Å². The quantitative estimate of drug-likeness (QED) is 0.405. The minimum absolute atomic E-state index is 0.0828. The second-order valence-corrected chi connectivity index (χ2v) is 10.6. The molecule has 1 aromatic carbocycles. The molecule has 1 aliphatic heterocycles. The van der Waals surface area contributed by atoms with Crippen LogP contribution in [-0.4, -0.2) is 74.9 Å². The highest BCUT2D eigenvalue weighted by Gasteiger charge is 2.28. The number of anilines is 2. The molecule has 3 heterocycles. The minimum atomic E-state index is -0.615. The highest BCUT2D eigenvalue weighted by atomic mass is 35.5. The van der Waals surface area contributed by atoms with Crippen molar-refractivity contribution in [2.45, 2.75) is 32.8 Å². The number of aromatic nitrogens is 4. The summed E-state index contributed by atoms with van der Waals surface area (Å²) in [7, 11) is 0. The molecule has 0 aliphatic carbocycles. The number of hydrogen-bond donors (Lipinski definition) is 3. The van der Waals surface area contributed by atoms with Gasteiger partial charge in [-0.15, -0.1) is 0 Å². The lowest BCUT2D eigenvalue weighted by molar-refractivity contribution is 0.0231. The largest absolute Gasteiger partial charge is 0.444 e. The van der Waals surface area contributed by atoms with E-state index in [4.69, 9.17) is 39.4 Å². The molecule has 0 unspecified atom stereocenters. The third-order valence-electron chi connectivity index (χ3n) is 5.84. The SMILES string of the molecule is CC(C)(C)OC(=O)N1CCN(n2c(CCNC(=O)c3nc(Cl)c(N)nc3N)nc3cccc(Cl)c3c2=O)CC1. The maximum absolute atomic E-state index is 13.6. The zero-order valence-electron chi connectivity index (χ0n) is 21.7. The van der Waals surface area contributed by atoms with Gasteiger partial charge in [-0.25, -0.2) is 24.4 Å². The van der Waals surface area contributed by atoms with Crippen LogP contribution in [0.4, 0.5) is 16.4 Å². The van der Waals surface area contributed by atoms with Crippen molar-refractivity contribution in [3.8, 4) is 0 Å². The summed E-state index contributed by atoms with van der Waals surface area (Å²) in [6.07, 6.45) is -0.228. The maximum Gasteiger partial charge on any atom is 0.410 e. The molecule has 208 valence electrons. The summed E-state index contributed by atoms with van der Waals surface area (Å²) in [6.45, 7) is 6.90. The molecule has 5 N–H and O–H groups in total. The number of halogens is 2. The Hall–Kier alpha value is -3.84. The van der Waals surface area contributed by atoms with Gasteiger partial charge in [0.1, 0.15) is 11.4 Å². The molecule has 1 saturated heterocycles. The lowest BCUT2D eigenvalue weighted by Crippen LogP contribution is -2.56. The summed E-state index contributed by atoms with van der Waals surface area (Å²) in [5, 5.41) is 4.92. The van der Waals surface area contributed by atoms with Gasteiger partial charge in [-0.05, 0) is 32.9 Å². The van der Waals surface area contributed by atoms with Crippen molar-refractivity contribution >= 4 is 57.7 Å². The van der Waals surface area contributed by atoms with E-state index < -0.39 is 17.6 Å². The lowest BCUT2D eigenvalue weighted by Gasteiger charge is -2.37. The first-order chi connectivity index (χ1) is 18.4. The number of nitrogens with two attached hydrogens (primary N) is 2. The minimum Gasteiger partial charge on any atom is -0.444 e. The average molecular weight is 578 g/mol. The van der Waals surface area contributed by atoms with Crippen molar-refractivity contribution in [3.05, 3.63) is 50.2 Å². The van der Waals surface area contributed by atoms with E-state index >= 15 is 0 Å². The van der Waals surface area contributed by atoms with Gasteiger partial charge in [0.05, 0.1) is 29.0 Å². The van der Waals surface area contributed by atoms with Crippen LogP contribution in [0, 0.1) is 0 Å². The molecule has 0 saturated carbocycles. The third kappa shape index (κ3) is 6.25. The summed E-state index contributed by atoms with van der Waals surface area (Å²) in [4.78, 5) is 52.8. The molecule has 2 aromatic heterocycles. The van der Waals surface area contributed by atoms with Crippen LogP contribution in [0.5, 0.6) is 0 Å². The van der Waals surface area contributed by atoms with Crippen LogP contribution in [0.25, 0.3) is 10.9 Å². The number of carbonyl (C=O) groups is 2. The fourth-order valence-electron chi connectivity index (χ4n) is 4.07. The fraction of sp³-hybridized carbons (Fsp3) is 0.417. The molecule has 4 rings (SSSR count). The number of carbonyl (C=O) groups excluding carboxylic acids is 2. The van der Waals surface area contributed by atoms with E-state index in [0.29, 0.717) is 37.5 Å². The van der Waals surface area contributed by atoms with Crippen LogP contribution in [0.2, 0.25) is 10.2 Å². The molecule has 15 heteroatoms. The second kappa shape index (κ2) is 11.1. The molecular formula is C24H29Cl2N9O4. The van der Waals surface area contributed by atoms with Crippen molar-refractivity contribution < 1.29 is 14.3 Å². The monoisotopic (exact) mass is 577 g/mol. The Balaban J connectivity index is 1.57. The predicted molar refractivity (Wildman–Crippen MR) is 149 cm³/mol. The lowest BCUT2D eigenvalue weighted by atomic mass is 10.2. The number of piperazine rings is 1. The van der Waals surface area contributed by atoms with Gasteiger partial charge in [-0.3, -0.25) is 9.59 Å². The van der Waals surface area contributed by atoms with Crippen LogP contribution in [0.1, 0.15) is 37.1 Å². The summed E-state index contributed by atoms with van der Waals surface area (Å²) in [5.41, 5.74) is 10.6. The number of hydrogen-bond acceptors (Lipinski definition) is 10. The van der Waals surface area contributed by atoms with E-state index in [0.717, 1.165) is 0 Å². The van der Waals surface area contributed by atoms with Crippen LogP contribution in [0.15, 0.2) is 23.0 Å². The van der Waals surface area contributed by atoms with Gasteiger partial charge in [0.15, 0.2) is 22.5 Å². The van der Waals surface area contributed by atoms with Gasteiger partial charge < -0.3 is 31.4 Å². The molecule has 1 aliphatic rings. The summed E-state index contributed by atoms with van der Waals surface area (Å²) in [6, 6.07) is 5.03. The maximum atomic E-state index is 13.6. The Bertz CT molecular complexity index is 1480. The van der Waals surface area contributed by atoms with Crippen molar-refractivity contribution in [3.63, 3.8) is 0 Å². The molecule has 1 fully saturated rings. The molecule has 2 amide bonds. The number of nitrogen functional groups attached to an aromatic ring is 2. The fourth-order valence-corrected chi connectivity index (χ4v) is 4.44. The Morgan fingerprint density at radius 3 is 2.41 bits per heavy atom. The molecule has 0 atom stereocenters. The molecule has 13 nitrogen and oxygen atoms in total. The molecular weight excluding hydrogens is 549 g/mol. The first kappa shape index (κ1) is 28.2. The van der Waals surface area contributed by atoms with Crippen molar-refractivity contribution in [2.75, 3.05) is 49.2 Å². The predicted octanol–water partition coefficient (Wildman–Crippen LogP) is 1.82. The highest BCUT2D eigenvalue weighted by Crippen LogP contribution is 2.20. The Morgan fingerprint density at radius 1 is 1.05 bits per heavy atom. The number of amides is 2. The van der Waals surface area contributed by atoms with Gasteiger partial charge >= 0.3 is 6.09 Å². The molecule has 3 aromatic rings. The number of benzene rings is 1. The van der Waals surface area contributed by atoms with Crippen LogP contribution in [-0.2, 0) is 11.2 Å². The van der Waals surface area contributed by atoms with E-state index in [2.05, 4.69) is 20.3 Å². The number of rotatable bonds is 5. The van der Waals surface area contributed by atoms with E-state index in [1.807, 2.05) is 0 Å². The number of nitrogens with one attached hydrogen (secondary N) is 1. The Morgan fingerprint density at radius 2 is 1.74 bits per heavy atom. The summed E-state index contributed by atoms with van der Waals surface area (Å²) >= 11 is 12.2. The molecule has 0 spiro atoms. The van der Waals surface area contributed by atoms with Crippen LogP contribution in [0.3, 0.4) is 0 Å². The smallest absolute Gasteiger partial charge is 0.410 e. The van der Waals surface area contributed by atoms with E-state index in [9.17, 15) is 14.4 Å². The van der Waals surface area contributed by atoms with Crippen LogP contribution >= 0.6 is 23.2 Å². The zero-order valence-corrected chi connectivity index (χ0v) is 23.2. The van der Waals surface area contributed by atoms with Crippen molar-refractivity contribution in [1.29, 1.82) is 0 Å². The first-order valence-electron chi connectivity index (χ1n) is 12.2. The van der Waals surface area contributed by atoms with Gasteiger partial charge in [0, 0.05) is 26.1 Å². The van der Waals surface area contributed by atoms with Crippen LogP contribution < -0.4 is 27.4 Å². The highest BCUT2D eigenvalue weighted by molar-refractivity contribution is 6.35. The zero-order chi connectivity index (χ0) is 28.5. The topological polar surface area (TPSA) is 175 Å². The Kier molecular flexibility index (Phi) is 8.02. The number of nitrogens with zero attached hydrogens (tertiary/aromatic N) is 6. The number of fused-ring (bicyclic) bond motifs is 1. The summed E-state index contributed by atoms with van der Waals surface area (Å²) < 4.78 is 6.93. The summed E-state index contributed by atoms with van der Waals surface area (Å²) in [5.74, 6) is -0.450. The van der Waals surface area contributed by atoms with Crippen molar-refractivity contribution in [2.24, 2.45) is 0 Å². The molecule has 39 heavy (non-hydrogen) atoms. The molecule has 0 radical (unpaired) electrons. The molecule has 0 bridgehead atoms.